The highest BCUT2D eigenvalue weighted by Crippen LogP contribution is 2.37. The van der Waals surface area contributed by atoms with Crippen molar-refractivity contribution in [2.24, 2.45) is 5.92 Å². The Hall–Kier alpha value is -1.88. The van der Waals surface area contributed by atoms with Crippen molar-refractivity contribution >= 4 is 16.9 Å². The van der Waals surface area contributed by atoms with Crippen LogP contribution in [0, 0.1) is 5.92 Å². The van der Waals surface area contributed by atoms with Gasteiger partial charge in [0.25, 0.3) is 0 Å². The molecule has 0 bridgehead atoms. The van der Waals surface area contributed by atoms with E-state index in [2.05, 4.69) is 15.3 Å². The molecule has 2 fully saturated rings. The summed E-state index contributed by atoms with van der Waals surface area (Å²) in [6, 6.07) is 7.82. The lowest BCUT2D eigenvalue weighted by molar-refractivity contribution is -0.133. The van der Waals surface area contributed by atoms with Gasteiger partial charge in [0.1, 0.15) is 11.7 Å². The van der Waals surface area contributed by atoms with E-state index in [4.69, 9.17) is 0 Å². The Bertz CT molecular complexity index is 648. The topological polar surface area (TPSA) is 78.0 Å². The van der Waals surface area contributed by atoms with Crippen LogP contribution in [0.1, 0.15) is 37.4 Å². The van der Waals surface area contributed by atoms with E-state index in [-0.39, 0.29) is 17.9 Å². The van der Waals surface area contributed by atoms with E-state index in [1.807, 2.05) is 24.3 Å². The van der Waals surface area contributed by atoms with E-state index >= 15 is 0 Å². The van der Waals surface area contributed by atoms with Crippen molar-refractivity contribution < 1.29 is 9.90 Å². The van der Waals surface area contributed by atoms with Crippen LogP contribution in [0.3, 0.4) is 0 Å². The van der Waals surface area contributed by atoms with Gasteiger partial charge < -0.3 is 15.4 Å². The summed E-state index contributed by atoms with van der Waals surface area (Å²) in [7, 11) is 0. The minimum Gasteiger partial charge on any atom is -0.391 e. The number of piperidine rings is 1. The smallest absolute Gasteiger partial charge is 0.233 e. The standard InChI is InChI=1S/C16H19N3O2/c20-14-9-5-1-2-6-10(9)19-16(21)13(14)15-17-11-7-3-4-8-12(11)18-15/h3-4,7-10,13-14,20H,1-2,5-6H2,(H,17,18)(H,19,21). The number of para-hydroxylation sites is 2. The summed E-state index contributed by atoms with van der Waals surface area (Å²) in [6.45, 7) is 0. The van der Waals surface area contributed by atoms with Crippen molar-refractivity contribution in [3.8, 4) is 0 Å². The Labute approximate surface area is 122 Å². The molecule has 0 radical (unpaired) electrons. The quantitative estimate of drug-likeness (QED) is 0.746. The first kappa shape index (κ1) is 12.8. The van der Waals surface area contributed by atoms with Gasteiger partial charge in [-0.1, -0.05) is 25.0 Å². The maximum absolute atomic E-state index is 12.4. The summed E-state index contributed by atoms with van der Waals surface area (Å²) in [4.78, 5) is 20.1. The highest BCUT2D eigenvalue weighted by Gasteiger charge is 2.45. The molecule has 21 heavy (non-hydrogen) atoms. The van der Waals surface area contributed by atoms with E-state index in [0.717, 1.165) is 36.7 Å². The van der Waals surface area contributed by atoms with Crippen molar-refractivity contribution in [2.75, 3.05) is 0 Å². The lowest BCUT2D eigenvalue weighted by Crippen LogP contribution is -2.57. The second-order valence-corrected chi connectivity index (χ2v) is 6.17. The second-order valence-electron chi connectivity index (χ2n) is 6.17. The summed E-state index contributed by atoms with van der Waals surface area (Å²) in [5.74, 6) is 0.0290. The molecule has 2 aromatic rings. The number of aliphatic hydroxyl groups is 1. The molecule has 4 rings (SSSR count). The SMILES string of the molecule is O=C1NC2CCCCC2C(O)C1c1nc2ccccc2[nH]1. The third kappa shape index (κ3) is 2.03. The number of fused-ring (bicyclic) bond motifs is 2. The fourth-order valence-electron chi connectivity index (χ4n) is 3.83. The van der Waals surface area contributed by atoms with Crippen molar-refractivity contribution in [2.45, 2.75) is 43.7 Å². The largest absolute Gasteiger partial charge is 0.391 e. The van der Waals surface area contributed by atoms with Crippen molar-refractivity contribution in [1.29, 1.82) is 0 Å². The Morgan fingerprint density at radius 1 is 1.19 bits per heavy atom. The van der Waals surface area contributed by atoms with E-state index in [9.17, 15) is 9.90 Å². The predicted molar refractivity (Wildman–Crippen MR) is 78.7 cm³/mol. The second kappa shape index (κ2) is 4.84. The first-order chi connectivity index (χ1) is 10.2. The molecular formula is C16H19N3O2. The molecule has 4 unspecified atom stereocenters. The van der Waals surface area contributed by atoms with Crippen LogP contribution in [0.5, 0.6) is 0 Å². The van der Waals surface area contributed by atoms with Crippen LogP contribution in [0.15, 0.2) is 24.3 Å². The molecule has 2 aliphatic rings. The molecule has 1 saturated carbocycles. The molecule has 1 aliphatic heterocycles. The number of aromatic amines is 1. The van der Waals surface area contributed by atoms with Gasteiger partial charge in [0.05, 0.1) is 17.1 Å². The van der Waals surface area contributed by atoms with Crippen molar-refractivity contribution in [3.63, 3.8) is 0 Å². The number of hydrogen-bond donors (Lipinski definition) is 3. The van der Waals surface area contributed by atoms with Gasteiger partial charge in [-0.15, -0.1) is 0 Å². The Kier molecular flexibility index (Phi) is 2.96. The molecule has 5 heteroatoms. The molecule has 1 amide bonds. The normalized spacial score (nSPS) is 32.7. The summed E-state index contributed by atoms with van der Waals surface area (Å²) < 4.78 is 0. The van der Waals surface area contributed by atoms with Crippen LogP contribution in [-0.2, 0) is 4.79 Å². The molecule has 1 aromatic carbocycles. The third-order valence-corrected chi connectivity index (χ3v) is 4.91. The minimum atomic E-state index is -0.649. The van der Waals surface area contributed by atoms with Crippen LogP contribution >= 0.6 is 0 Å². The van der Waals surface area contributed by atoms with Crippen molar-refractivity contribution in [3.05, 3.63) is 30.1 Å². The van der Waals surface area contributed by atoms with Crippen LogP contribution in [0.25, 0.3) is 11.0 Å². The molecule has 5 nitrogen and oxygen atoms in total. The third-order valence-electron chi connectivity index (χ3n) is 4.91. The number of hydrogen-bond acceptors (Lipinski definition) is 3. The monoisotopic (exact) mass is 285 g/mol. The number of rotatable bonds is 1. The predicted octanol–water partition coefficient (Wildman–Crippen LogP) is 1.70. The summed E-state index contributed by atoms with van der Waals surface area (Å²) in [5.41, 5.74) is 1.73. The van der Waals surface area contributed by atoms with Crippen LogP contribution in [0.2, 0.25) is 0 Å². The Morgan fingerprint density at radius 2 is 2.00 bits per heavy atom. The molecule has 1 aromatic heterocycles. The molecule has 3 N–H and O–H groups in total. The van der Waals surface area contributed by atoms with Gasteiger partial charge in [-0.05, 0) is 25.0 Å². The summed E-state index contributed by atoms with van der Waals surface area (Å²) in [5, 5.41) is 13.8. The van der Waals surface area contributed by atoms with Gasteiger partial charge in [0, 0.05) is 12.0 Å². The number of amides is 1. The summed E-state index contributed by atoms with van der Waals surface area (Å²) >= 11 is 0. The molecule has 110 valence electrons. The van der Waals surface area contributed by atoms with Gasteiger partial charge in [0.15, 0.2) is 0 Å². The van der Waals surface area contributed by atoms with Gasteiger partial charge >= 0.3 is 0 Å². The van der Waals surface area contributed by atoms with Gasteiger partial charge in [-0.2, -0.15) is 0 Å². The number of benzene rings is 1. The number of aromatic nitrogens is 2. The first-order valence-electron chi connectivity index (χ1n) is 7.67. The minimum absolute atomic E-state index is 0.107. The molecule has 0 spiro atoms. The van der Waals surface area contributed by atoms with E-state index in [1.165, 1.54) is 0 Å². The van der Waals surface area contributed by atoms with Crippen molar-refractivity contribution in [1.82, 2.24) is 15.3 Å². The lowest BCUT2D eigenvalue weighted by atomic mass is 9.73. The average molecular weight is 285 g/mol. The van der Waals surface area contributed by atoms with E-state index < -0.39 is 12.0 Å². The Balaban J connectivity index is 1.71. The van der Waals surface area contributed by atoms with Gasteiger partial charge in [-0.25, -0.2) is 4.98 Å². The molecule has 1 saturated heterocycles. The number of carbonyl (C=O) groups excluding carboxylic acids is 1. The van der Waals surface area contributed by atoms with Crippen LogP contribution < -0.4 is 5.32 Å². The van der Waals surface area contributed by atoms with Crippen LogP contribution in [0.4, 0.5) is 0 Å². The zero-order valence-corrected chi connectivity index (χ0v) is 11.7. The zero-order valence-electron chi connectivity index (χ0n) is 11.7. The Morgan fingerprint density at radius 3 is 2.86 bits per heavy atom. The number of carbonyl (C=O) groups is 1. The lowest BCUT2D eigenvalue weighted by Gasteiger charge is -2.42. The molecule has 4 atom stereocenters. The molecular weight excluding hydrogens is 266 g/mol. The maximum atomic E-state index is 12.4. The van der Waals surface area contributed by atoms with Gasteiger partial charge in [0.2, 0.25) is 5.91 Å². The van der Waals surface area contributed by atoms with E-state index in [1.54, 1.807) is 0 Å². The summed E-state index contributed by atoms with van der Waals surface area (Å²) in [6.07, 6.45) is 3.55. The average Bonchev–Trinajstić information content (AvgIpc) is 2.90. The number of H-pyrrole nitrogens is 1. The number of nitrogens with zero attached hydrogens (tertiary/aromatic N) is 1. The highest BCUT2D eigenvalue weighted by atomic mass is 16.3. The fraction of sp³-hybridized carbons (Fsp3) is 0.500. The van der Waals surface area contributed by atoms with Crippen LogP contribution in [-0.4, -0.2) is 33.1 Å². The number of aliphatic hydroxyl groups excluding tert-OH is 1. The molecule has 1 aliphatic carbocycles. The first-order valence-corrected chi connectivity index (χ1v) is 7.67. The molecule has 2 heterocycles. The number of nitrogens with one attached hydrogen (secondary N) is 2. The maximum Gasteiger partial charge on any atom is 0.233 e. The fourth-order valence-corrected chi connectivity index (χ4v) is 3.83. The van der Waals surface area contributed by atoms with E-state index in [0.29, 0.717) is 5.82 Å². The number of imidazole rings is 1. The van der Waals surface area contributed by atoms with Gasteiger partial charge in [-0.3, -0.25) is 4.79 Å². The highest BCUT2D eigenvalue weighted by molar-refractivity contribution is 5.86. The zero-order chi connectivity index (χ0) is 14.4.